The summed E-state index contributed by atoms with van der Waals surface area (Å²) in [7, 11) is 1.67. The lowest BCUT2D eigenvalue weighted by molar-refractivity contribution is 0.0996. The first-order chi connectivity index (χ1) is 16.2. The predicted molar refractivity (Wildman–Crippen MR) is 133 cm³/mol. The number of phenols is 1. The van der Waals surface area contributed by atoms with Gasteiger partial charge in [0.2, 0.25) is 0 Å². The average molecular weight is 505 g/mol. The van der Waals surface area contributed by atoms with Crippen LogP contribution in [0.25, 0.3) is 11.4 Å². The maximum Gasteiger partial charge on any atom is 0.253 e. The minimum absolute atomic E-state index is 0. The number of hydrogen-bond acceptors (Lipinski definition) is 8. The minimum Gasteiger partial charge on any atom is -0.507 e. The lowest BCUT2D eigenvalue weighted by atomic mass is 10.2. The Morgan fingerprint density at radius 2 is 1.83 bits per heavy atom. The molecule has 188 valence electrons. The van der Waals surface area contributed by atoms with Crippen LogP contribution in [0, 0.1) is 6.92 Å². The fraction of sp³-hybridized carbons (Fsp3) is 0.292. The SMILES string of the molecule is Cc1cc(=O)n(C)c(-c2ccc(OCC(O)CNCCOc3ccc(O)c(C(N)=O)c3)cc2)n1.Cl. The molecule has 3 rings (SSSR count). The average Bonchev–Trinajstić information content (AvgIpc) is 2.81. The zero-order chi connectivity index (χ0) is 24.7. The summed E-state index contributed by atoms with van der Waals surface area (Å²) in [5, 5.41) is 22.8. The molecule has 0 fully saturated rings. The summed E-state index contributed by atoms with van der Waals surface area (Å²) in [6.45, 7) is 2.89. The molecular formula is C24H29ClN4O6. The molecule has 1 atom stereocenters. The summed E-state index contributed by atoms with van der Waals surface area (Å²) in [6, 6.07) is 12.9. The number of ether oxygens (including phenoxy) is 2. The fourth-order valence-electron chi connectivity index (χ4n) is 3.18. The number of nitrogens with zero attached hydrogens (tertiary/aromatic N) is 2. The van der Waals surface area contributed by atoms with Crippen LogP contribution in [0.3, 0.4) is 0 Å². The van der Waals surface area contributed by atoms with E-state index in [1.807, 2.05) is 12.1 Å². The number of carbonyl (C=O) groups excluding carboxylic acids is 1. The highest BCUT2D eigenvalue weighted by Gasteiger charge is 2.10. The molecule has 0 bridgehead atoms. The van der Waals surface area contributed by atoms with Gasteiger partial charge in [-0.3, -0.25) is 14.2 Å². The van der Waals surface area contributed by atoms with Crippen LogP contribution in [-0.2, 0) is 7.05 Å². The highest BCUT2D eigenvalue weighted by atomic mass is 35.5. The number of aliphatic hydroxyl groups excluding tert-OH is 1. The quantitative estimate of drug-likeness (QED) is 0.286. The van der Waals surface area contributed by atoms with Crippen molar-refractivity contribution in [1.29, 1.82) is 0 Å². The number of aliphatic hydroxyl groups is 1. The van der Waals surface area contributed by atoms with Gasteiger partial charge in [0.05, 0.1) is 5.56 Å². The number of primary amides is 1. The second-order valence-corrected chi connectivity index (χ2v) is 7.70. The van der Waals surface area contributed by atoms with Crippen molar-refractivity contribution in [2.75, 3.05) is 26.3 Å². The van der Waals surface area contributed by atoms with Crippen molar-refractivity contribution in [2.45, 2.75) is 13.0 Å². The van der Waals surface area contributed by atoms with Crippen LogP contribution in [0.15, 0.2) is 53.3 Å². The van der Waals surface area contributed by atoms with Crippen molar-refractivity contribution in [3.63, 3.8) is 0 Å². The van der Waals surface area contributed by atoms with E-state index in [0.717, 1.165) is 5.56 Å². The molecule has 0 radical (unpaired) electrons. The number of amides is 1. The molecule has 2 aromatic carbocycles. The number of aryl methyl sites for hydroxylation is 1. The van der Waals surface area contributed by atoms with Crippen molar-refractivity contribution in [3.8, 4) is 28.6 Å². The summed E-state index contributed by atoms with van der Waals surface area (Å²) in [5.74, 6) is 0.619. The summed E-state index contributed by atoms with van der Waals surface area (Å²) < 4.78 is 12.6. The third-order valence-electron chi connectivity index (χ3n) is 4.98. The van der Waals surface area contributed by atoms with Crippen molar-refractivity contribution >= 4 is 18.3 Å². The van der Waals surface area contributed by atoms with E-state index in [9.17, 15) is 19.8 Å². The Balaban J connectivity index is 0.00000432. The number of nitrogens with two attached hydrogens (primary N) is 1. The van der Waals surface area contributed by atoms with Gasteiger partial charge in [-0.2, -0.15) is 0 Å². The van der Waals surface area contributed by atoms with Crippen molar-refractivity contribution < 1.29 is 24.5 Å². The Kier molecular flexibility index (Phi) is 10.1. The van der Waals surface area contributed by atoms with Gasteiger partial charge in [-0.15, -0.1) is 12.4 Å². The van der Waals surface area contributed by atoms with Gasteiger partial charge in [0.1, 0.15) is 42.4 Å². The molecule has 1 unspecified atom stereocenters. The van der Waals surface area contributed by atoms with Gasteiger partial charge in [-0.05, 0) is 49.4 Å². The van der Waals surface area contributed by atoms with Crippen molar-refractivity contribution in [3.05, 3.63) is 70.1 Å². The molecular weight excluding hydrogens is 476 g/mol. The van der Waals surface area contributed by atoms with Crippen LogP contribution in [0.4, 0.5) is 0 Å². The zero-order valence-electron chi connectivity index (χ0n) is 19.4. The molecule has 1 heterocycles. The van der Waals surface area contributed by atoms with E-state index >= 15 is 0 Å². The van der Waals surface area contributed by atoms with Crippen LogP contribution >= 0.6 is 12.4 Å². The number of aromatic nitrogens is 2. The van der Waals surface area contributed by atoms with Gasteiger partial charge in [0, 0.05) is 37.5 Å². The number of rotatable bonds is 11. The molecule has 0 aliphatic heterocycles. The number of aromatic hydroxyl groups is 1. The van der Waals surface area contributed by atoms with E-state index < -0.39 is 12.0 Å². The zero-order valence-corrected chi connectivity index (χ0v) is 20.2. The third-order valence-corrected chi connectivity index (χ3v) is 4.98. The number of halogens is 1. The third kappa shape index (κ3) is 7.71. The minimum atomic E-state index is -0.742. The number of carbonyl (C=O) groups is 1. The van der Waals surface area contributed by atoms with Gasteiger partial charge < -0.3 is 30.7 Å². The lowest BCUT2D eigenvalue weighted by Gasteiger charge is -2.14. The summed E-state index contributed by atoms with van der Waals surface area (Å²) in [5.41, 5.74) is 6.50. The van der Waals surface area contributed by atoms with E-state index in [4.69, 9.17) is 15.2 Å². The van der Waals surface area contributed by atoms with Crippen molar-refractivity contribution in [1.82, 2.24) is 14.9 Å². The predicted octanol–water partition coefficient (Wildman–Crippen LogP) is 1.39. The Morgan fingerprint density at radius 1 is 1.14 bits per heavy atom. The molecule has 35 heavy (non-hydrogen) atoms. The molecule has 5 N–H and O–H groups in total. The van der Waals surface area contributed by atoms with E-state index in [0.29, 0.717) is 36.1 Å². The Labute approximate surface area is 208 Å². The highest BCUT2D eigenvalue weighted by Crippen LogP contribution is 2.22. The number of benzene rings is 2. The second kappa shape index (κ2) is 12.7. The maximum atomic E-state index is 12.0. The van der Waals surface area contributed by atoms with E-state index in [2.05, 4.69) is 10.3 Å². The molecule has 10 nitrogen and oxygen atoms in total. The molecule has 0 saturated carbocycles. The van der Waals surface area contributed by atoms with E-state index in [-0.39, 0.29) is 42.5 Å². The Bertz CT molecular complexity index is 1200. The fourth-order valence-corrected chi connectivity index (χ4v) is 3.18. The maximum absolute atomic E-state index is 12.0. The normalized spacial score (nSPS) is 11.4. The molecule has 3 aromatic rings. The van der Waals surface area contributed by atoms with Gasteiger partial charge in [-0.25, -0.2) is 4.98 Å². The topological polar surface area (TPSA) is 149 Å². The first-order valence-electron chi connectivity index (χ1n) is 10.7. The standard InChI is InChI=1S/C24H28N4O6.ClH/c1-15-11-22(31)28(2)24(27-15)16-3-5-18(6-4-16)34-14-17(29)13-26-9-10-33-19-7-8-21(30)20(12-19)23(25)32;/h3-8,11-12,17,26,29-30H,9-10,13-14H2,1-2H3,(H2,25,32);1H. The van der Waals surface area contributed by atoms with Crippen molar-refractivity contribution in [2.24, 2.45) is 12.8 Å². The summed E-state index contributed by atoms with van der Waals surface area (Å²) in [6.07, 6.45) is -0.742. The Hall–Kier alpha value is -3.60. The lowest BCUT2D eigenvalue weighted by Crippen LogP contribution is -2.33. The summed E-state index contributed by atoms with van der Waals surface area (Å²) >= 11 is 0. The van der Waals surface area contributed by atoms with Gasteiger partial charge in [-0.1, -0.05) is 0 Å². The van der Waals surface area contributed by atoms with Crippen LogP contribution in [-0.4, -0.2) is 58.1 Å². The highest BCUT2D eigenvalue weighted by molar-refractivity contribution is 5.95. The van der Waals surface area contributed by atoms with Crippen LogP contribution < -0.4 is 26.1 Å². The van der Waals surface area contributed by atoms with Crippen LogP contribution in [0.2, 0.25) is 0 Å². The molecule has 1 aromatic heterocycles. The summed E-state index contributed by atoms with van der Waals surface area (Å²) in [4.78, 5) is 27.6. The van der Waals surface area contributed by atoms with Crippen LogP contribution in [0.1, 0.15) is 16.1 Å². The molecule has 0 spiro atoms. The number of nitrogens with one attached hydrogen (secondary N) is 1. The largest absolute Gasteiger partial charge is 0.507 e. The molecule has 0 aliphatic carbocycles. The molecule has 11 heteroatoms. The van der Waals surface area contributed by atoms with E-state index in [1.165, 1.54) is 28.8 Å². The van der Waals surface area contributed by atoms with E-state index in [1.54, 1.807) is 26.1 Å². The molecule has 1 amide bonds. The van der Waals surface area contributed by atoms with Gasteiger partial charge in [0.25, 0.3) is 11.5 Å². The molecule has 0 aliphatic rings. The smallest absolute Gasteiger partial charge is 0.253 e. The number of hydrogen-bond donors (Lipinski definition) is 4. The first-order valence-corrected chi connectivity index (χ1v) is 10.7. The second-order valence-electron chi connectivity index (χ2n) is 7.70. The Morgan fingerprint density at radius 3 is 2.51 bits per heavy atom. The van der Waals surface area contributed by atoms with Gasteiger partial charge >= 0.3 is 0 Å². The molecule has 0 saturated heterocycles. The van der Waals surface area contributed by atoms with Gasteiger partial charge in [0.15, 0.2) is 0 Å². The monoisotopic (exact) mass is 504 g/mol. The van der Waals surface area contributed by atoms with Crippen LogP contribution in [0.5, 0.6) is 17.2 Å². The first kappa shape index (κ1) is 27.6.